The van der Waals surface area contributed by atoms with Crippen LogP contribution in [0.25, 0.3) is 5.69 Å². The minimum Gasteiger partial charge on any atom is -0.320 e. The Labute approximate surface area is 163 Å². The first-order valence-corrected chi connectivity index (χ1v) is 9.12. The average Bonchev–Trinajstić information content (AvgIpc) is 2.90. The van der Waals surface area contributed by atoms with Crippen molar-refractivity contribution >= 4 is 17.4 Å². The highest BCUT2D eigenvalue weighted by atomic mass is 16.2. The second kappa shape index (κ2) is 8.08. The van der Waals surface area contributed by atoms with E-state index in [4.69, 9.17) is 0 Å². The van der Waals surface area contributed by atoms with Crippen molar-refractivity contribution < 1.29 is 9.59 Å². The van der Waals surface area contributed by atoms with Crippen molar-refractivity contribution in [2.45, 2.75) is 26.7 Å². The normalized spacial score (nSPS) is 10.7. The van der Waals surface area contributed by atoms with Gasteiger partial charge in [0.25, 0.3) is 5.56 Å². The Morgan fingerprint density at radius 1 is 0.929 bits per heavy atom. The summed E-state index contributed by atoms with van der Waals surface area (Å²) in [5.41, 5.74) is 2.95. The molecule has 1 amide bonds. The quantitative estimate of drug-likeness (QED) is 0.669. The third kappa shape index (κ3) is 3.96. The van der Waals surface area contributed by atoms with Gasteiger partial charge in [0, 0.05) is 25.5 Å². The van der Waals surface area contributed by atoms with E-state index in [1.54, 1.807) is 30.8 Å². The number of nitrogens with one attached hydrogen (secondary N) is 1. The van der Waals surface area contributed by atoms with Gasteiger partial charge in [-0.15, -0.1) is 0 Å². The molecule has 1 aromatic heterocycles. The van der Waals surface area contributed by atoms with E-state index in [9.17, 15) is 14.4 Å². The highest BCUT2D eigenvalue weighted by Crippen LogP contribution is 2.15. The number of amides is 1. The summed E-state index contributed by atoms with van der Waals surface area (Å²) in [6, 6.07) is 16.5. The Bertz CT molecular complexity index is 1060. The van der Waals surface area contributed by atoms with Crippen molar-refractivity contribution in [3.8, 4) is 5.69 Å². The Balaban J connectivity index is 1.72. The van der Waals surface area contributed by atoms with Crippen LogP contribution in [0.3, 0.4) is 0 Å². The number of rotatable bonds is 6. The lowest BCUT2D eigenvalue weighted by Gasteiger charge is -2.07. The van der Waals surface area contributed by atoms with Crippen LogP contribution in [-0.2, 0) is 11.8 Å². The fourth-order valence-corrected chi connectivity index (χ4v) is 3.03. The molecule has 0 saturated heterocycles. The van der Waals surface area contributed by atoms with E-state index in [2.05, 4.69) is 5.32 Å². The molecule has 0 radical (unpaired) electrons. The topological polar surface area (TPSA) is 73.1 Å². The molecule has 0 aliphatic rings. The van der Waals surface area contributed by atoms with Gasteiger partial charge >= 0.3 is 0 Å². The van der Waals surface area contributed by atoms with Gasteiger partial charge in [0.05, 0.1) is 11.4 Å². The molecule has 0 spiro atoms. The zero-order valence-electron chi connectivity index (χ0n) is 16.2. The van der Waals surface area contributed by atoms with Gasteiger partial charge in [-0.25, -0.2) is 4.68 Å². The second-order valence-electron chi connectivity index (χ2n) is 6.77. The van der Waals surface area contributed by atoms with Gasteiger partial charge < -0.3 is 5.32 Å². The monoisotopic (exact) mass is 377 g/mol. The van der Waals surface area contributed by atoms with Crippen LogP contribution in [0, 0.1) is 13.8 Å². The number of ketones is 1. The standard InChI is InChI=1S/C22H23N3O3/c1-15-9-11-17(12-10-15)19(26)13-14-20(27)23-21-16(2)24(3)25(22(21)28)18-7-5-4-6-8-18/h4-12H,13-14H2,1-3H3,(H,23,27). The molecule has 0 fully saturated rings. The summed E-state index contributed by atoms with van der Waals surface area (Å²) in [5.74, 6) is -0.451. The minimum absolute atomic E-state index is 0.0197. The number of benzene rings is 2. The van der Waals surface area contributed by atoms with Crippen LogP contribution in [0.2, 0.25) is 0 Å². The lowest BCUT2D eigenvalue weighted by molar-refractivity contribution is -0.116. The van der Waals surface area contributed by atoms with E-state index < -0.39 is 0 Å². The Hall–Kier alpha value is -3.41. The van der Waals surface area contributed by atoms with Gasteiger partial charge in [0.15, 0.2) is 5.78 Å². The van der Waals surface area contributed by atoms with E-state index in [0.29, 0.717) is 16.9 Å². The first-order valence-electron chi connectivity index (χ1n) is 9.12. The lowest BCUT2D eigenvalue weighted by atomic mass is 10.0. The Morgan fingerprint density at radius 3 is 2.21 bits per heavy atom. The van der Waals surface area contributed by atoms with E-state index in [0.717, 1.165) is 5.56 Å². The lowest BCUT2D eigenvalue weighted by Crippen LogP contribution is -2.23. The third-order valence-electron chi connectivity index (χ3n) is 4.77. The van der Waals surface area contributed by atoms with Crippen LogP contribution >= 0.6 is 0 Å². The van der Waals surface area contributed by atoms with Gasteiger partial charge in [-0.2, -0.15) is 0 Å². The number of para-hydroxylation sites is 1. The number of carbonyl (C=O) groups excluding carboxylic acids is 2. The molecule has 0 saturated carbocycles. The maximum atomic E-state index is 12.8. The first-order chi connectivity index (χ1) is 13.4. The molecule has 0 atom stereocenters. The van der Waals surface area contributed by atoms with Crippen LogP contribution in [0.4, 0.5) is 5.69 Å². The van der Waals surface area contributed by atoms with Crippen molar-refractivity contribution in [1.82, 2.24) is 9.36 Å². The highest BCUT2D eigenvalue weighted by molar-refractivity contribution is 6.00. The number of nitrogens with zero attached hydrogens (tertiary/aromatic N) is 2. The Kier molecular flexibility index (Phi) is 5.59. The van der Waals surface area contributed by atoms with Crippen molar-refractivity contribution in [3.63, 3.8) is 0 Å². The number of Topliss-reactive ketones (excluding diaryl/α,β-unsaturated/α-hetero) is 1. The largest absolute Gasteiger partial charge is 0.320 e. The van der Waals surface area contributed by atoms with E-state index >= 15 is 0 Å². The predicted molar refractivity (Wildman–Crippen MR) is 109 cm³/mol. The molecule has 0 aliphatic carbocycles. The van der Waals surface area contributed by atoms with E-state index in [-0.39, 0.29) is 35.8 Å². The maximum Gasteiger partial charge on any atom is 0.295 e. The summed E-state index contributed by atoms with van der Waals surface area (Å²) in [4.78, 5) is 37.4. The number of hydrogen-bond donors (Lipinski definition) is 1. The molecule has 3 aromatic rings. The number of anilines is 1. The molecule has 3 rings (SSSR count). The fraction of sp³-hybridized carbons (Fsp3) is 0.227. The van der Waals surface area contributed by atoms with Crippen molar-refractivity contribution in [1.29, 1.82) is 0 Å². The second-order valence-corrected chi connectivity index (χ2v) is 6.77. The number of hydrogen-bond acceptors (Lipinski definition) is 3. The molecular weight excluding hydrogens is 354 g/mol. The van der Waals surface area contributed by atoms with Gasteiger partial charge in [0.1, 0.15) is 5.69 Å². The van der Waals surface area contributed by atoms with E-state index in [1.165, 1.54) is 4.68 Å². The van der Waals surface area contributed by atoms with Crippen LogP contribution in [0.1, 0.15) is 34.5 Å². The number of aromatic nitrogens is 2. The molecule has 6 heteroatoms. The van der Waals surface area contributed by atoms with E-state index in [1.807, 2.05) is 49.4 Å². The van der Waals surface area contributed by atoms with Crippen molar-refractivity contribution in [2.75, 3.05) is 5.32 Å². The molecule has 0 bridgehead atoms. The van der Waals surface area contributed by atoms with Crippen LogP contribution < -0.4 is 10.9 Å². The summed E-state index contributed by atoms with van der Waals surface area (Å²) < 4.78 is 3.20. The maximum absolute atomic E-state index is 12.8. The fourth-order valence-electron chi connectivity index (χ4n) is 3.03. The van der Waals surface area contributed by atoms with Crippen LogP contribution in [0.5, 0.6) is 0 Å². The average molecular weight is 377 g/mol. The minimum atomic E-state index is -0.355. The molecule has 0 unspecified atom stereocenters. The number of aryl methyl sites for hydroxylation is 1. The molecule has 1 heterocycles. The highest BCUT2D eigenvalue weighted by Gasteiger charge is 2.18. The molecule has 2 aromatic carbocycles. The smallest absolute Gasteiger partial charge is 0.295 e. The zero-order chi connectivity index (χ0) is 20.3. The van der Waals surface area contributed by atoms with Crippen molar-refractivity contribution in [3.05, 3.63) is 81.8 Å². The van der Waals surface area contributed by atoms with Gasteiger partial charge in [0.2, 0.25) is 5.91 Å². The van der Waals surface area contributed by atoms with Gasteiger partial charge in [-0.3, -0.25) is 19.1 Å². The number of carbonyl (C=O) groups is 2. The summed E-state index contributed by atoms with van der Waals surface area (Å²) in [6.07, 6.45) is 0.111. The molecule has 0 aliphatic heterocycles. The summed E-state index contributed by atoms with van der Waals surface area (Å²) in [6.45, 7) is 3.72. The molecule has 144 valence electrons. The summed E-state index contributed by atoms with van der Waals surface area (Å²) in [7, 11) is 1.76. The molecule has 6 nitrogen and oxygen atoms in total. The molecule has 1 N–H and O–H groups in total. The summed E-state index contributed by atoms with van der Waals surface area (Å²) >= 11 is 0. The molecule has 28 heavy (non-hydrogen) atoms. The summed E-state index contributed by atoms with van der Waals surface area (Å²) in [5, 5.41) is 2.68. The van der Waals surface area contributed by atoms with Crippen molar-refractivity contribution in [2.24, 2.45) is 7.05 Å². The predicted octanol–water partition coefficient (Wildman–Crippen LogP) is 3.39. The Morgan fingerprint density at radius 2 is 1.57 bits per heavy atom. The zero-order valence-corrected chi connectivity index (χ0v) is 16.2. The van der Waals surface area contributed by atoms with Gasteiger partial charge in [-0.05, 0) is 26.0 Å². The first kappa shape index (κ1) is 19.4. The SMILES string of the molecule is Cc1ccc(C(=O)CCC(=O)Nc2c(C)n(C)n(-c3ccccc3)c2=O)cc1. The van der Waals surface area contributed by atoms with Gasteiger partial charge in [-0.1, -0.05) is 48.0 Å². The van der Waals surface area contributed by atoms with Crippen LogP contribution in [0.15, 0.2) is 59.4 Å². The van der Waals surface area contributed by atoms with Crippen LogP contribution in [-0.4, -0.2) is 21.1 Å². The molecular formula is C22H23N3O3. The third-order valence-corrected chi connectivity index (χ3v) is 4.77.